The first kappa shape index (κ1) is 19.7. The molecule has 0 aliphatic carbocycles. The molecule has 3 N–H and O–H groups in total. The van der Waals surface area contributed by atoms with E-state index in [-0.39, 0.29) is 22.7 Å². The van der Waals surface area contributed by atoms with Gasteiger partial charge in [0.2, 0.25) is 0 Å². The maximum atomic E-state index is 10.6. The van der Waals surface area contributed by atoms with Crippen molar-refractivity contribution >= 4 is 35.5 Å². The summed E-state index contributed by atoms with van der Waals surface area (Å²) < 4.78 is 0. The number of thioether (sulfide) groups is 2. The van der Waals surface area contributed by atoms with E-state index in [4.69, 9.17) is 10.2 Å². The van der Waals surface area contributed by atoms with Crippen LogP contribution in [-0.2, 0) is 26.5 Å². The second-order valence-corrected chi connectivity index (χ2v) is 8.15. The molecule has 0 saturated carbocycles. The average Bonchev–Trinajstić information content (AvgIpc) is 2.39. The summed E-state index contributed by atoms with van der Waals surface area (Å²) in [4.78, 5) is 21.3. The molecule has 7 heteroatoms. The minimum Gasteiger partial charge on any atom is -0.507 e. The van der Waals surface area contributed by atoms with E-state index in [9.17, 15) is 14.7 Å². The maximum Gasteiger partial charge on any atom is 0.313 e. The molecule has 1 rings (SSSR count). The van der Waals surface area contributed by atoms with Gasteiger partial charge < -0.3 is 15.3 Å². The number of hydrogen-bond acceptors (Lipinski definition) is 5. The van der Waals surface area contributed by atoms with Gasteiger partial charge in [0.1, 0.15) is 5.75 Å². The summed E-state index contributed by atoms with van der Waals surface area (Å²) in [5.41, 5.74) is 2.15. The van der Waals surface area contributed by atoms with Gasteiger partial charge in [-0.25, -0.2) is 0 Å². The molecular weight excluding hydrogens is 336 g/mol. The Balaban J connectivity index is 3.01. The van der Waals surface area contributed by atoms with E-state index in [2.05, 4.69) is 0 Å². The largest absolute Gasteiger partial charge is 0.507 e. The number of rotatable bonds is 8. The van der Waals surface area contributed by atoms with Gasteiger partial charge in [-0.3, -0.25) is 9.59 Å². The van der Waals surface area contributed by atoms with Crippen molar-refractivity contribution in [1.82, 2.24) is 0 Å². The first-order chi connectivity index (χ1) is 10.6. The Hall–Kier alpha value is -1.34. The van der Waals surface area contributed by atoms with Crippen molar-refractivity contribution < 1.29 is 24.9 Å². The molecule has 0 atom stereocenters. The smallest absolute Gasteiger partial charge is 0.313 e. The van der Waals surface area contributed by atoms with E-state index in [0.29, 0.717) is 17.1 Å². The molecule has 0 unspecified atom stereocenters. The zero-order valence-corrected chi connectivity index (χ0v) is 15.1. The lowest BCUT2D eigenvalue weighted by Gasteiger charge is -2.23. The SMILES string of the molecule is CC(C)(C)c1cc(CSCC(=O)O)cc(CSCC(=O)O)c1O. The van der Waals surface area contributed by atoms with E-state index >= 15 is 0 Å². The van der Waals surface area contributed by atoms with Gasteiger partial charge >= 0.3 is 11.9 Å². The van der Waals surface area contributed by atoms with E-state index in [1.165, 1.54) is 23.5 Å². The fourth-order valence-corrected chi connectivity index (χ4v) is 3.43. The molecule has 5 nitrogen and oxygen atoms in total. The van der Waals surface area contributed by atoms with Crippen LogP contribution in [-0.4, -0.2) is 38.8 Å². The zero-order valence-electron chi connectivity index (χ0n) is 13.5. The number of benzene rings is 1. The standard InChI is InChI=1S/C16H22O5S2/c1-16(2,3)12-5-10(6-22-8-13(17)18)4-11(15(12)21)7-23-9-14(19)20/h4-5,21H,6-9H2,1-3H3,(H,17,18)(H,19,20). The number of aliphatic carboxylic acids is 2. The molecule has 0 heterocycles. The molecule has 0 saturated heterocycles. The molecular formula is C16H22O5S2. The van der Waals surface area contributed by atoms with Gasteiger partial charge in [0.25, 0.3) is 0 Å². The monoisotopic (exact) mass is 358 g/mol. The minimum absolute atomic E-state index is 0.0226. The Morgan fingerprint density at radius 2 is 1.52 bits per heavy atom. The maximum absolute atomic E-state index is 10.6. The van der Waals surface area contributed by atoms with Gasteiger partial charge in [-0.05, 0) is 16.5 Å². The van der Waals surface area contributed by atoms with Crippen LogP contribution in [0.15, 0.2) is 12.1 Å². The van der Waals surface area contributed by atoms with Crippen LogP contribution in [0.2, 0.25) is 0 Å². The van der Waals surface area contributed by atoms with Crippen LogP contribution in [0.1, 0.15) is 37.5 Å². The number of carboxylic acid groups (broad SMARTS) is 2. The summed E-state index contributed by atoms with van der Waals surface area (Å²) in [5.74, 6) is -0.620. The second kappa shape index (κ2) is 8.49. The van der Waals surface area contributed by atoms with Crippen molar-refractivity contribution in [1.29, 1.82) is 0 Å². The number of phenolic OH excluding ortho intramolecular Hbond substituents is 1. The van der Waals surface area contributed by atoms with E-state index in [1.807, 2.05) is 32.9 Å². The van der Waals surface area contributed by atoms with Gasteiger partial charge in [0.15, 0.2) is 0 Å². The third kappa shape index (κ3) is 6.74. The van der Waals surface area contributed by atoms with Crippen LogP contribution in [0.5, 0.6) is 5.75 Å². The van der Waals surface area contributed by atoms with Crippen LogP contribution in [0.25, 0.3) is 0 Å². The van der Waals surface area contributed by atoms with Crippen molar-refractivity contribution in [2.45, 2.75) is 37.7 Å². The molecule has 0 fully saturated rings. The summed E-state index contributed by atoms with van der Waals surface area (Å²) in [6, 6.07) is 3.73. The average molecular weight is 358 g/mol. The predicted molar refractivity (Wildman–Crippen MR) is 94.4 cm³/mol. The Morgan fingerprint density at radius 1 is 1.00 bits per heavy atom. The fraction of sp³-hybridized carbons (Fsp3) is 0.500. The van der Waals surface area contributed by atoms with Crippen LogP contribution in [0.4, 0.5) is 0 Å². The Morgan fingerprint density at radius 3 is 2.00 bits per heavy atom. The topological polar surface area (TPSA) is 94.8 Å². The Labute approximate surface area is 144 Å². The number of carboxylic acids is 2. The lowest BCUT2D eigenvalue weighted by molar-refractivity contribution is -0.134. The highest BCUT2D eigenvalue weighted by Crippen LogP contribution is 2.36. The van der Waals surface area contributed by atoms with Gasteiger partial charge in [-0.15, -0.1) is 23.5 Å². The number of hydrogen-bond donors (Lipinski definition) is 3. The van der Waals surface area contributed by atoms with Gasteiger partial charge in [-0.1, -0.05) is 32.9 Å². The second-order valence-electron chi connectivity index (χ2n) is 6.17. The first-order valence-corrected chi connectivity index (χ1v) is 9.36. The van der Waals surface area contributed by atoms with Crippen LogP contribution < -0.4 is 0 Å². The lowest BCUT2D eigenvalue weighted by Crippen LogP contribution is -2.13. The molecule has 1 aromatic carbocycles. The number of aromatic hydroxyl groups is 1. The van der Waals surface area contributed by atoms with Crippen molar-refractivity contribution in [2.75, 3.05) is 11.5 Å². The fourth-order valence-electron chi connectivity index (χ4n) is 2.03. The third-order valence-electron chi connectivity index (χ3n) is 3.03. The Bertz CT molecular complexity index is 579. The van der Waals surface area contributed by atoms with E-state index in [0.717, 1.165) is 11.1 Å². The highest BCUT2D eigenvalue weighted by Gasteiger charge is 2.21. The predicted octanol–water partition coefficient (Wildman–Crippen LogP) is 3.33. The molecule has 0 aliphatic heterocycles. The summed E-state index contributed by atoms with van der Waals surface area (Å²) in [6.45, 7) is 5.97. The molecule has 0 bridgehead atoms. The van der Waals surface area contributed by atoms with Crippen LogP contribution in [0, 0.1) is 0 Å². The van der Waals surface area contributed by atoms with Crippen molar-refractivity contribution in [3.05, 3.63) is 28.8 Å². The molecule has 0 aromatic heterocycles. The zero-order chi connectivity index (χ0) is 17.6. The minimum atomic E-state index is -0.890. The highest BCUT2D eigenvalue weighted by atomic mass is 32.2. The first-order valence-electron chi connectivity index (χ1n) is 7.05. The summed E-state index contributed by atoms with van der Waals surface area (Å²) in [6.07, 6.45) is 0. The van der Waals surface area contributed by atoms with Crippen molar-refractivity contribution in [3.63, 3.8) is 0 Å². The van der Waals surface area contributed by atoms with E-state index < -0.39 is 11.9 Å². The van der Waals surface area contributed by atoms with Crippen molar-refractivity contribution in [3.8, 4) is 5.75 Å². The third-order valence-corrected chi connectivity index (χ3v) is 4.99. The molecule has 0 spiro atoms. The molecule has 0 aliphatic rings. The van der Waals surface area contributed by atoms with Crippen LogP contribution >= 0.6 is 23.5 Å². The summed E-state index contributed by atoms with van der Waals surface area (Å²) >= 11 is 2.52. The number of carbonyl (C=O) groups is 2. The molecule has 0 amide bonds. The van der Waals surface area contributed by atoms with Gasteiger partial charge in [-0.2, -0.15) is 0 Å². The number of phenols is 1. The van der Waals surface area contributed by atoms with Gasteiger partial charge in [0.05, 0.1) is 11.5 Å². The normalized spacial score (nSPS) is 11.4. The van der Waals surface area contributed by atoms with Crippen molar-refractivity contribution in [2.24, 2.45) is 0 Å². The quantitative estimate of drug-likeness (QED) is 0.656. The molecule has 0 radical (unpaired) electrons. The van der Waals surface area contributed by atoms with Gasteiger partial charge in [0, 0.05) is 17.1 Å². The molecule has 1 aromatic rings. The highest BCUT2D eigenvalue weighted by molar-refractivity contribution is 7.99. The van der Waals surface area contributed by atoms with E-state index in [1.54, 1.807) is 0 Å². The summed E-state index contributed by atoms with van der Waals surface area (Å²) in [5, 5.41) is 27.9. The summed E-state index contributed by atoms with van der Waals surface area (Å²) in [7, 11) is 0. The van der Waals surface area contributed by atoms with Crippen LogP contribution in [0.3, 0.4) is 0 Å². The Kier molecular flexibility index (Phi) is 7.28. The molecule has 23 heavy (non-hydrogen) atoms. The molecule has 128 valence electrons. The lowest BCUT2D eigenvalue weighted by atomic mass is 9.84.